The van der Waals surface area contributed by atoms with Gasteiger partial charge in [-0.25, -0.2) is 4.98 Å². The number of anilines is 1. The Balaban J connectivity index is 1.73. The van der Waals surface area contributed by atoms with Gasteiger partial charge in [-0.15, -0.1) is 11.3 Å². The second-order valence-corrected chi connectivity index (χ2v) is 8.37. The van der Waals surface area contributed by atoms with Crippen LogP contribution in [0.15, 0.2) is 0 Å². The highest BCUT2D eigenvalue weighted by Crippen LogP contribution is 2.40. The van der Waals surface area contributed by atoms with E-state index in [4.69, 9.17) is 10.7 Å². The molecule has 1 heterocycles. The smallest absolute Gasteiger partial charge is 0.185 e. The van der Waals surface area contributed by atoms with Crippen molar-refractivity contribution in [1.29, 1.82) is 0 Å². The van der Waals surface area contributed by atoms with E-state index >= 15 is 0 Å². The van der Waals surface area contributed by atoms with E-state index in [0.29, 0.717) is 11.5 Å². The molecule has 2 aliphatic carbocycles. The predicted molar refractivity (Wildman–Crippen MR) is 86.4 cm³/mol. The van der Waals surface area contributed by atoms with Gasteiger partial charge in [0.15, 0.2) is 5.13 Å². The van der Waals surface area contributed by atoms with E-state index in [9.17, 15) is 0 Å². The van der Waals surface area contributed by atoms with Gasteiger partial charge in [-0.2, -0.15) is 0 Å². The third-order valence-electron chi connectivity index (χ3n) is 5.14. The molecular weight excluding hydrogens is 266 g/mol. The van der Waals surface area contributed by atoms with Crippen LogP contribution in [0, 0.1) is 5.41 Å². The Bertz CT molecular complexity index is 470. The fourth-order valence-electron chi connectivity index (χ4n) is 3.52. The maximum atomic E-state index is 6.20. The molecule has 0 bridgehead atoms. The summed E-state index contributed by atoms with van der Waals surface area (Å²) < 4.78 is 0. The van der Waals surface area contributed by atoms with Crippen LogP contribution in [-0.2, 0) is 6.42 Å². The molecule has 2 N–H and O–H groups in total. The molecular formula is C16H27N3S. The molecule has 0 radical (unpaired) electrons. The minimum absolute atomic E-state index is 0.169. The fourth-order valence-corrected chi connectivity index (χ4v) is 4.72. The number of aryl methyl sites for hydroxylation is 1. The van der Waals surface area contributed by atoms with Gasteiger partial charge < -0.3 is 10.6 Å². The second kappa shape index (κ2) is 5.30. The first-order valence-corrected chi connectivity index (χ1v) is 8.76. The summed E-state index contributed by atoms with van der Waals surface area (Å²) in [5, 5.41) is 1.19. The monoisotopic (exact) mass is 293 g/mol. The molecule has 3 rings (SSSR count). The summed E-state index contributed by atoms with van der Waals surface area (Å²) >= 11 is 1.88. The molecule has 20 heavy (non-hydrogen) atoms. The van der Waals surface area contributed by atoms with E-state index in [2.05, 4.69) is 25.8 Å². The summed E-state index contributed by atoms with van der Waals surface area (Å²) in [5.74, 6) is 0. The van der Waals surface area contributed by atoms with Gasteiger partial charge in [-0.3, -0.25) is 0 Å². The molecule has 1 atom stereocenters. The van der Waals surface area contributed by atoms with E-state index < -0.39 is 0 Å². The van der Waals surface area contributed by atoms with Gasteiger partial charge >= 0.3 is 0 Å². The summed E-state index contributed by atoms with van der Waals surface area (Å²) in [6, 6.07) is 0.828. The molecule has 1 unspecified atom stereocenters. The molecule has 1 aromatic heterocycles. The van der Waals surface area contributed by atoms with Crippen molar-refractivity contribution in [1.82, 2.24) is 4.98 Å². The van der Waals surface area contributed by atoms with Crippen molar-refractivity contribution in [2.75, 3.05) is 11.9 Å². The van der Waals surface area contributed by atoms with E-state index in [-0.39, 0.29) is 6.04 Å². The van der Waals surface area contributed by atoms with Crippen molar-refractivity contribution in [3.05, 3.63) is 10.6 Å². The minimum Gasteiger partial charge on any atom is -0.348 e. The van der Waals surface area contributed by atoms with Crippen LogP contribution in [0.1, 0.15) is 69.0 Å². The van der Waals surface area contributed by atoms with Crippen LogP contribution in [0.3, 0.4) is 0 Å². The highest BCUT2D eigenvalue weighted by molar-refractivity contribution is 7.15. The lowest BCUT2D eigenvalue weighted by Gasteiger charge is -2.38. The highest BCUT2D eigenvalue weighted by atomic mass is 32.1. The van der Waals surface area contributed by atoms with Crippen molar-refractivity contribution in [2.24, 2.45) is 11.1 Å². The lowest BCUT2D eigenvalue weighted by atomic mass is 9.75. The lowest BCUT2D eigenvalue weighted by Crippen LogP contribution is -2.37. The highest BCUT2D eigenvalue weighted by Gasteiger charge is 2.31. The Morgan fingerprint density at radius 3 is 2.60 bits per heavy atom. The third-order valence-corrected chi connectivity index (χ3v) is 6.37. The summed E-state index contributed by atoms with van der Waals surface area (Å²) in [7, 11) is 2.22. The van der Waals surface area contributed by atoms with Gasteiger partial charge in [0.05, 0.1) is 5.69 Å². The van der Waals surface area contributed by atoms with Crippen molar-refractivity contribution in [3.63, 3.8) is 0 Å². The van der Waals surface area contributed by atoms with Crippen LogP contribution < -0.4 is 10.6 Å². The zero-order chi connectivity index (χ0) is 14.3. The quantitative estimate of drug-likeness (QED) is 0.899. The molecule has 1 aromatic rings. The third kappa shape index (κ3) is 2.73. The first kappa shape index (κ1) is 14.3. The second-order valence-electron chi connectivity index (χ2n) is 7.31. The topological polar surface area (TPSA) is 42.2 Å². The molecule has 2 aliphatic rings. The molecule has 0 aliphatic heterocycles. The largest absolute Gasteiger partial charge is 0.348 e. The molecule has 0 amide bonds. The maximum absolute atomic E-state index is 6.20. The minimum atomic E-state index is 0.169. The molecule has 3 nitrogen and oxygen atoms in total. The number of fused-ring (bicyclic) bond motifs is 1. The zero-order valence-electron chi connectivity index (χ0n) is 13.0. The van der Waals surface area contributed by atoms with Crippen LogP contribution in [0.4, 0.5) is 5.13 Å². The van der Waals surface area contributed by atoms with Crippen LogP contribution in [0.25, 0.3) is 0 Å². The molecule has 1 fully saturated rings. The normalized spacial score (nSPS) is 26.3. The summed E-state index contributed by atoms with van der Waals surface area (Å²) in [6.45, 7) is 4.79. The van der Waals surface area contributed by atoms with Crippen molar-refractivity contribution in [2.45, 2.75) is 70.9 Å². The summed E-state index contributed by atoms with van der Waals surface area (Å²) in [5.41, 5.74) is 7.91. The Labute approximate surface area is 126 Å². The van der Waals surface area contributed by atoms with Crippen LogP contribution in [0.2, 0.25) is 0 Å². The average molecular weight is 293 g/mol. The van der Waals surface area contributed by atoms with E-state index in [1.807, 2.05) is 11.3 Å². The molecule has 0 saturated heterocycles. The standard InChI is InChI=1S/C16H27N3S/c1-16(2)9-7-11(8-10-16)19(3)15-18-14-12(17)5-4-6-13(14)20-15/h11-12H,4-10,17H2,1-3H3. The summed E-state index contributed by atoms with van der Waals surface area (Å²) in [4.78, 5) is 8.72. The summed E-state index contributed by atoms with van der Waals surface area (Å²) in [6.07, 6.45) is 8.72. The van der Waals surface area contributed by atoms with Gasteiger partial charge in [0.2, 0.25) is 0 Å². The number of hydrogen-bond acceptors (Lipinski definition) is 4. The van der Waals surface area contributed by atoms with Crippen LogP contribution in [-0.4, -0.2) is 18.1 Å². The van der Waals surface area contributed by atoms with Crippen molar-refractivity contribution in [3.8, 4) is 0 Å². The Kier molecular flexibility index (Phi) is 3.80. The number of hydrogen-bond donors (Lipinski definition) is 1. The number of nitrogens with two attached hydrogens (primary N) is 1. The number of nitrogens with zero attached hydrogens (tertiary/aromatic N) is 2. The Morgan fingerprint density at radius 1 is 1.25 bits per heavy atom. The van der Waals surface area contributed by atoms with Crippen LogP contribution >= 0.6 is 11.3 Å². The van der Waals surface area contributed by atoms with E-state index in [0.717, 1.165) is 6.42 Å². The van der Waals surface area contributed by atoms with Crippen molar-refractivity contribution >= 4 is 16.5 Å². The van der Waals surface area contributed by atoms with E-state index in [1.54, 1.807) is 0 Å². The first-order chi connectivity index (χ1) is 9.46. The van der Waals surface area contributed by atoms with Gasteiger partial charge in [0.25, 0.3) is 0 Å². The van der Waals surface area contributed by atoms with Gasteiger partial charge in [-0.1, -0.05) is 13.8 Å². The number of thiazole rings is 1. The van der Waals surface area contributed by atoms with Crippen molar-refractivity contribution < 1.29 is 0 Å². The van der Waals surface area contributed by atoms with Crippen LogP contribution in [0.5, 0.6) is 0 Å². The van der Waals surface area contributed by atoms with Gasteiger partial charge in [0, 0.05) is 24.0 Å². The average Bonchev–Trinajstić information content (AvgIpc) is 2.83. The molecule has 112 valence electrons. The fraction of sp³-hybridized carbons (Fsp3) is 0.812. The molecule has 0 spiro atoms. The zero-order valence-corrected chi connectivity index (χ0v) is 13.8. The van der Waals surface area contributed by atoms with E-state index in [1.165, 1.54) is 54.2 Å². The Morgan fingerprint density at radius 2 is 1.95 bits per heavy atom. The maximum Gasteiger partial charge on any atom is 0.185 e. The number of rotatable bonds is 2. The predicted octanol–water partition coefficient (Wildman–Crippen LogP) is 3.88. The van der Waals surface area contributed by atoms with Gasteiger partial charge in [-0.05, 0) is 50.4 Å². The SMILES string of the molecule is CN(c1nc2c(s1)CCCC2N)C1CCC(C)(C)CC1. The molecule has 0 aromatic carbocycles. The lowest BCUT2D eigenvalue weighted by molar-refractivity contribution is 0.222. The Hall–Kier alpha value is -0.610. The van der Waals surface area contributed by atoms with Gasteiger partial charge in [0.1, 0.15) is 0 Å². The molecule has 1 saturated carbocycles. The number of aromatic nitrogens is 1. The first-order valence-electron chi connectivity index (χ1n) is 7.94. The molecule has 4 heteroatoms.